The molecule has 3 heterocycles. The van der Waals surface area contributed by atoms with E-state index in [9.17, 15) is 18.0 Å². The zero-order valence-electron chi connectivity index (χ0n) is 15.5. The van der Waals surface area contributed by atoms with Crippen molar-refractivity contribution in [1.82, 2.24) is 15.1 Å². The number of aromatic amines is 1. The van der Waals surface area contributed by atoms with Crippen LogP contribution >= 0.6 is 0 Å². The maximum Gasteiger partial charge on any atom is 0.268 e. The Bertz CT molecular complexity index is 832. The Kier molecular flexibility index (Phi) is 5.28. The molecule has 0 aliphatic carbocycles. The number of benzene rings is 1. The summed E-state index contributed by atoms with van der Waals surface area (Å²) < 4.78 is 42.3. The van der Waals surface area contributed by atoms with Crippen LogP contribution in [0.2, 0.25) is 0 Å². The molecule has 2 aliphatic rings. The van der Waals surface area contributed by atoms with Crippen molar-refractivity contribution in [3.63, 3.8) is 0 Å². The second kappa shape index (κ2) is 7.85. The van der Waals surface area contributed by atoms with Gasteiger partial charge in [0.1, 0.15) is 5.82 Å². The predicted octanol–water partition coefficient (Wildman–Crippen LogP) is 3.99. The molecule has 5 nitrogen and oxygen atoms in total. The number of hydrogen-bond acceptors (Lipinski definition) is 3. The number of anilines is 1. The van der Waals surface area contributed by atoms with Crippen LogP contribution in [-0.2, 0) is 4.79 Å². The van der Waals surface area contributed by atoms with E-state index in [4.69, 9.17) is 0 Å². The first kappa shape index (κ1) is 18.8. The Morgan fingerprint density at radius 2 is 2.00 bits per heavy atom. The maximum absolute atomic E-state index is 14.9. The standard InChI is InChI=1S/C20H23F3N4O/c21-19-15(14-10-24-25-11-14)3-4-16(18(19)20(22)23)26-8-5-13(6-9-26)12-27-7-1-2-17(27)28/h3-4,10-11,13,20H,1-2,5-9,12H2,(H,24,25). The maximum atomic E-state index is 14.9. The van der Waals surface area contributed by atoms with Crippen molar-refractivity contribution >= 4 is 11.6 Å². The molecule has 0 atom stereocenters. The molecule has 1 amide bonds. The van der Waals surface area contributed by atoms with Crippen LogP contribution < -0.4 is 4.90 Å². The molecule has 2 saturated heterocycles. The Hall–Kier alpha value is -2.51. The molecule has 0 saturated carbocycles. The first-order chi connectivity index (χ1) is 13.5. The van der Waals surface area contributed by atoms with E-state index in [-0.39, 0.29) is 17.2 Å². The number of H-pyrrole nitrogens is 1. The van der Waals surface area contributed by atoms with Gasteiger partial charge in [-0.3, -0.25) is 9.89 Å². The Morgan fingerprint density at radius 1 is 1.21 bits per heavy atom. The summed E-state index contributed by atoms with van der Waals surface area (Å²) in [6.07, 6.45) is 3.14. The summed E-state index contributed by atoms with van der Waals surface area (Å²) in [4.78, 5) is 15.6. The highest BCUT2D eigenvalue weighted by Crippen LogP contribution is 2.38. The van der Waals surface area contributed by atoms with Crippen molar-refractivity contribution in [3.8, 4) is 11.1 Å². The normalized spacial score (nSPS) is 18.5. The van der Waals surface area contributed by atoms with E-state index in [2.05, 4.69) is 10.2 Å². The van der Waals surface area contributed by atoms with E-state index in [1.165, 1.54) is 18.5 Å². The summed E-state index contributed by atoms with van der Waals surface area (Å²) in [7, 11) is 0. The van der Waals surface area contributed by atoms with Gasteiger partial charge < -0.3 is 9.80 Å². The lowest BCUT2D eigenvalue weighted by Crippen LogP contribution is -2.39. The summed E-state index contributed by atoms with van der Waals surface area (Å²) in [5, 5.41) is 6.34. The second-order valence-electron chi connectivity index (χ2n) is 7.52. The van der Waals surface area contributed by atoms with E-state index in [0.29, 0.717) is 31.0 Å². The van der Waals surface area contributed by atoms with Crippen molar-refractivity contribution in [2.45, 2.75) is 32.1 Å². The quantitative estimate of drug-likeness (QED) is 0.837. The number of nitrogens with one attached hydrogen (secondary N) is 1. The van der Waals surface area contributed by atoms with Gasteiger partial charge in [0.2, 0.25) is 5.91 Å². The van der Waals surface area contributed by atoms with Gasteiger partial charge in [-0.2, -0.15) is 5.10 Å². The number of halogens is 3. The molecule has 2 aromatic rings. The van der Waals surface area contributed by atoms with E-state index >= 15 is 0 Å². The van der Waals surface area contributed by atoms with Gasteiger partial charge in [0, 0.05) is 55.6 Å². The number of amides is 1. The van der Waals surface area contributed by atoms with Gasteiger partial charge in [0.05, 0.1) is 11.8 Å². The van der Waals surface area contributed by atoms with Crippen LogP contribution in [0, 0.1) is 11.7 Å². The third-order valence-electron chi connectivity index (χ3n) is 5.79. The molecule has 0 spiro atoms. The Labute approximate surface area is 161 Å². The summed E-state index contributed by atoms with van der Waals surface area (Å²) in [6, 6.07) is 3.12. The van der Waals surface area contributed by atoms with Gasteiger partial charge in [-0.05, 0) is 37.3 Å². The molecule has 28 heavy (non-hydrogen) atoms. The van der Waals surface area contributed by atoms with Crippen LogP contribution in [0.1, 0.15) is 37.7 Å². The number of rotatable bonds is 5. The minimum absolute atomic E-state index is 0.121. The fraction of sp³-hybridized carbons (Fsp3) is 0.500. The summed E-state index contributed by atoms with van der Waals surface area (Å²) in [5.41, 5.74) is 0.275. The van der Waals surface area contributed by atoms with Crippen molar-refractivity contribution in [2.75, 3.05) is 31.1 Å². The zero-order chi connectivity index (χ0) is 19.7. The molecule has 1 aromatic heterocycles. The highest BCUT2D eigenvalue weighted by atomic mass is 19.3. The fourth-order valence-electron chi connectivity index (χ4n) is 4.25. The molecule has 1 aromatic carbocycles. The van der Waals surface area contributed by atoms with Crippen LogP contribution in [0.3, 0.4) is 0 Å². The molecule has 4 rings (SSSR count). The predicted molar refractivity (Wildman–Crippen MR) is 99.7 cm³/mol. The number of piperidine rings is 1. The summed E-state index contributed by atoms with van der Waals surface area (Å²) >= 11 is 0. The molecule has 1 N–H and O–H groups in total. The van der Waals surface area contributed by atoms with Crippen molar-refractivity contribution in [3.05, 3.63) is 35.9 Å². The largest absolute Gasteiger partial charge is 0.371 e. The van der Waals surface area contributed by atoms with Crippen LogP contribution in [0.4, 0.5) is 18.9 Å². The van der Waals surface area contributed by atoms with E-state index in [1.54, 1.807) is 6.07 Å². The van der Waals surface area contributed by atoms with Gasteiger partial charge >= 0.3 is 0 Å². The number of aromatic nitrogens is 2. The van der Waals surface area contributed by atoms with Crippen LogP contribution in [0.25, 0.3) is 11.1 Å². The minimum atomic E-state index is -2.90. The van der Waals surface area contributed by atoms with E-state index in [0.717, 1.165) is 32.4 Å². The zero-order valence-corrected chi connectivity index (χ0v) is 15.5. The minimum Gasteiger partial charge on any atom is -0.371 e. The number of nitrogens with zero attached hydrogens (tertiary/aromatic N) is 3. The lowest BCUT2D eigenvalue weighted by Gasteiger charge is -2.36. The second-order valence-corrected chi connectivity index (χ2v) is 7.52. The third-order valence-corrected chi connectivity index (χ3v) is 5.79. The van der Waals surface area contributed by atoms with E-state index in [1.807, 2.05) is 9.80 Å². The molecule has 0 unspecified atom stereocenters. The summed E-state index contributed by atoms with van der Waals surface area (Å²) in [5.74, 6) is -0.318. The fourth-order valence-corrected chi connectivity index (χ4v) is 4.25. The number of carbonyl (C=O) groups is 1. The Morgan fingerprint density at radius 3 is 2.61 bits per heavy atom. The van der Waals surface area contributed by atoms with Crippen molar-refractivity contribution in [2.24, 2.45) is 5.92 Å². The number of carbonyl (C=O) groups excluding carboxylic acids is 1. The van der Waals surface area contributed by atoms with Gasteiger partial charge in [0.15, 0.2) is 0 Å². The van der Waals surface area contributed by atoms with E-state index < -0.39 is 17.8 Å². The lowest BCUT2D eigenvalue weighted by molar-refractivity contribution is -0.128. The number of alkyl halides is 2. The van der Waals surface area contributed by atoms with Gasteiger partial charge in [0.25, 0.3) is 6.43 Å². The summed E-state index contributed by atoms with van der Waals surface area (Å²) in [6.45, 7) is 2.71. The molecular weight excluding hydrogens is 369 g/mol. The SMILES string of the molecule is O=C1CCCN1CC1CCN(c2ccc(-c3cn[nH]c3)c(F)c2C(F)F)CC1. The molecule has 8 heteroatoms. The van der Waals surface area contributed by atoms with Crippen molar-refractivity contribution in [1.29, 1.82) is 0 Å². The third kappa shape index (κ3) is 3.59. The van der Waals surface area contributed by atoms with Gasteiger partial charge in [-0.15, -0.1) is 0 Å². The average Bonchev–Trinajstić information content (AvgIpc) is 3.34. The molecule has 0 bridgehead atoms. The lowest BCUT2D eigenvalue weighted by atomic mass is 9.94. The van der Waals surface area contributed by atoms with Gasteiger partial charge in [-0.1, -0.05) is 0 Å². The highest BCUT2D eigenvalue weighted by Gasteiger charge is 2.30. The smallest absolute Gasteiger partial charge is 0.268 e. The molecule has 2 fully saturated rings. The monoisotopic (exact) mass is 392 g/mol. The molecular formula is C20H23F3N4O. The van der Waals surface area contributed by atoms with Gasteiger partial charge in [-0.25, -0.2) is 13.2 Å². The van der Waals surface area contributed by atoms with Crippen LogP contribution in [-0.4, -0.2) is 47.2 Å². The first-order valence-electron chi connectivity index (χ1n) is 9.67. The van der Waals surface area contributed by atoms with Crippen LogP contribution in [0.15, 0.2) is 24.5 Å². The molecule has 150 valence electrons. The number of likely N-dealkylation sites (tertiary alicyclic amines) is 1. The van der Waals surface area contributed by atoms with Crippen molar-refractivity contribution < 1.29 is 18.0 Å². The topological polar surface area (TPSA) is 52.2 Å². The first-order valence-corrected chi connectivity index (χ1v) is 9.67. The molecule has 0 radical (unpaired) electrons. The molecule has 2 aliphatic heterocycles. The average molecular weight is 392 g/mol. The highest BCUT2D eigenvalue weighted by molar-refractivity contribution is 5.78. The van der Waals surface area contributed by atoms with Crippen LogP contribution in [0.5, 0.6) is 0 Å². The Balaban J connectivity index is 1.50. The number of hydrogen-bond donors (Lipinski definition) is 1.